The molecule has 0 spiro atoms. The maximum absolute atomic E-state index is 9.06. The lowest BCUT2D eigenvalue weighted by molar-refractivity contribution is -0.104. The van der Waals surface area contributed by atoms with Gasteiger partial charge in [0.05, 0.1) is 12.1 Å². The van der Waals surface area contributed by atoms with Crippen molar-refractivity contribution in [1.82, 2.24) is 0 Å². The molecule has 3 nitrogen and oxygen atoms in total. The van der Waals surface area contributed by atoms with Crippen LogP contribution in [0.25, 0.3) is 0 Å². The predicted octanol–water partition coefficient (Wildman–Crippen LogP) is 1.60. The van der Waals surface area contributed by atoms with Gasteiger partial charge in [-0.25, -0.2) is 0 Å². The van der Waals surface area contributed by atoms with Crippen LogP contribution < -0.4 is 0 Å². The summed E-state index contributed by atoms with van der Waals surface area (Å²) in [5, 5.41) is 14.8. The summed E-state index contributed by atoms with van der Waals surface area (Å²) in [7, 11) is 0. The van der Waals surface area contributed by atoms with Crippen LogP contribution in [0.2, 0.25) is 0 Å². The minimum atomic E-state index is 0.639. The molecule has 11 heavy (non-hydrogen) atoms. The van der Waals surface area contributed by atoms with Crippen molar-refractivity contribution in [1.29, 1.82) is 10.5 Å². The Morgan fingerprint density at radius 2 is 1.55 bits per heavy atom. The van der Waals surface area contributed by atoms with E-state index in [2.05, 4.69) is 13.2 Å². The van der Waals surface area contributed by atoms with Crippen LogP contribution in [0.3, 0.4) is 0 Å². The highest BCUT2D eigenvalue weighted by Gasteiger charge is 1.38. The average Bonchev–Trinajstić information content (AvgIpc) is 2.06. The Morgan fingerprint density at radius 3 is 1.55 bits per heavy atom. The molecule has 0 aliphatic heterocycles. The minimum absolute atomic E-state index is 0.639. The molecule has 0 unspecified atom stereocenters. The molecule has 0 bridgehead atoms. The van der Waals surface area contributed by atoms with Crippen LogP contribution in [-0.2, 0) is 4.79 Å². The summed E-state index contributed by atoms with van der Waals surface area (Å²) in [5.74, 6) is 0. The number of aldehydes is 1. The molecular weight excluding hydrogens is 140 g/mol. The normalized spacial score (nSPS) is 3.91. The van der Waals surface area contributed by atoms with Gasteiger partial charge in [-0.15, -0.1) is 0 Å². The van der Waals surface area contributed by atoms with Crippen LogP contribution in [-0.4, -0.2) is 6.29 Å². The van der Waals surface area contributed by atoms with Gasteiger partial charge in [-0.1, -0.05) is 13.2 Å². The Kier molecular flexibility index (Phi) is 61.6. The SMILES string of the molecule is C=CC#N.C=CC=O.CC#N. The van der Waals surface area contributed by atoms with E-state index in [1.54, 1.807) is 12.1 Å². The number of hydrogen-bond acceptors (Lipinski definition) is 3. The van der Waals surface area contributed by atoms with Gasteiger partial charge in [0.2, 0.25) is 0 Å². The Bertz CT molecular complexity index is 166. The molecule has 0 radical (unpaired) electrons. The molecule has 58 valence electrons. The Morgan fingerprint density at radius 1 is 1.36 bits per heavy atom. The summed E-state index contributed by atoms with van der Waals surface area (Å²) in [6.45, 7) is 7.66. The molecule has 0 aliphatic carbocycles. The maximum Gasteiger partial charge on any atom is 0.142 e. The summed E-state index contributed by atoms with van der Waals surface area (Å²) in [5.41, 5.74) is 0. The molecule has 0 aliphatic rings. The number of carbonyl (C=O) groups is 1. The van der Waals surface area contributed by atoms with Crippen molar-refractivity contribution >= 4 is 6.29 Å². The molecule has 0 N–H and O–H groups in total. The van der Waals surface area contributed by atoms with E-state index in [-0.39, 0.29) is 0 Å². The second-order valence-electron chi connectivity index (χ2n) is 0.929. The van der Waals surface area contributed by atoms with Crippen molar-refractivity contribution in [3.63, 3.8) is 0 Å². The van der Waals surface area contributed by atoms with E-state index >= 15 is 0 Å². The summed E-state index contributed by atoms with van der Waals surface area (Å²) in [6, 6.07) is 3.44. The Labute approximate surface area is 66.9 Å². The maximum atomic E-state index is 9.06. The topological polar surface area (TPSA) is 64.7 Å². The van der Waals surface area contributed by atoms with Crippen LogP contribution in [0.4, 0.5) is 0 Å². The van der Waals surface area contributed by atoms with E-state index in [1.807, 2.05) is 0 Å². The van der Waals surface area contributed by atoms with Gasteiger partial charge in [0.15, 0.2) is 0 Å². The monoisotopic (exact) mass is 150 g/mol. The molecule has 0 rings (SSSR count). The average molecular weight is 150 g/mol. The van der Waals surface area contributed by atoms with Crippen molar-refractivity contribution in [3.05, 3.63) is 25.3 Å². The van der Waals surface area contributed by atoms with Crippen molar-refractivity contribution in [2.24, 2.45) is 0 Å². The summed E-state index contributed by atoms with van der Waals surface area (Å²) >= 11 is 0. The predicted molar refractivity (Wildman–Crippen MR) is 43.4 cm³/mol. The van der Waals surface area contributed by atoms with Gasteiger partial charge in [-0.2, -0.15) is 10.5 Å². The van der Waals surface area contributed by atoms with E-state index in [9.17, 15) is 0 Å². The first-order chi connectivity index (χ1) is 5.24. The highest BCUT2D eigenvalue weighted by Crippen LogP contribution is 1.41. The first-order valence-corrected chi connectivity index (χ1v) is 2.62. The zero-order valence-corrected chi connectivity index (χ0v) is 6.45. The zero-order valence-electron chi connectivity index (χ0n) is 6.45. The molecule has 3 heteroatoms. The second kappa shape index (κ2) is 42.2. The number of nitriles is 2. The molecule has 0 saturated heterocycles. The first-order valence-electron chi connectivity index (χ1n) is 2.62. The number of allylic oxidation sites excluding steroid dienone is 2. The van der Waals surface area contributed by atoms with Gasteiger partial charge in [-0.3, -0.25) is 4.79 Å². The van der Waals surface area contributed by atoms with Crippen LogP contribution in [0, 0.1) is 22.7 Å². The second-order valence-corrected chi connectivity index (χ2v) is 0.929. The van der Waals surface area contributed by atoms with Crippen molar-refractivity contribution in [3.8, 4) is 12.1 Å². The van der Waals surface area contributed by atoms with Gasteiger partial charge in [0, 0.05) is 13.0 Å². The third kappa shape index (κ3) is 18100. The molecule has 0 aromatic heterocycles. The van der Waals surface area contributed by atoms with Gasteiger partial charge in [0.1, 0.15) is 6.29 Å². The fraction of sp³-hybridized carbons (Fsp3) is 0.125. The first kappa shape index (κ1) is 16.1. The van der Waals surface area contributed by atoms with Crippen LogP contribution in [0.1, 0.15) is 6.92 Å². The van der Waals surface area contributed by atoms with Gasteiger partial charge >= 0.3 is 0 Å². The lowest BCUT2D eigenvalue weighted by Gasteiger charge is -1.37. The molecule has 0 saturated carbocycles. The number of hydrogen-bond donors (Lipinski definition) is 0. The lowest BCUT2D eigenvalue weighted by atomic mass is 10.8. The fourth-order valence-electron chi connectivity index (χ4n) is 0. The molecule has 0 aromatic rings. The molecule has 0 heterocycles. The number of rotatable bonds is 1. The third-order valence-electron chi connectivity index (χ3n) is 0.188. The lowest BCUT2D eigenvalue weighted by Crippen LogP contribution is -1.44. The van der Waals surface area contributed by atoms with Crippen molar-refractivity contribution in [2.45, 2.75) is 6.92 Å². The summed E-state index contributed by atoms with van der Waals surface area (Å²) in [6.07, 6.45) is 3.01. The summed E-state index contributed by atoms with van der Waals surface area (Å²) < 4.78 is 0. The number of carbonyl (C=O) groups excluding carboxylic acids is 1. The Balaban J connectivity index is -0.0000000886. The highest BCUT2D eigenvalue weighted by molar-refractivity contribution is 5.63. The van der Waals surface area contributed by atoms with Crippen molar-refractivity contribution < 1.29 is 4.79 Å². The third-order valence-corrected chi connectivity index (χ3v) is 0.188. The summed E-state index contributed by atoms with van der Waals surface area (Å²) in [4.78, 5) is 9.06. The molecular formula is C8H10N2O. The van der Waals surface area contributed by atoms with E-state index in [0.717, 1.165) is 0 Å². The van der Waals surface area contributed by atoms with Crippen molar-refractivity contribution in [2.75, 3.05) is 0 Å². The van der Waals surface area contributed by atoms with Gasteiger partial charge in [-0.05, 0) is 6.08 Å². The van der Waals surface area contributed by atoms with Crippen LogP contribution in [0.15, 0.2) is 25.3 Å². The largest absolute Gasteiger partial charge is 0.299 e. The quantitative estimate of drug-likeness (QED) is 0.324. The van der Waals surface area contributed by atoms with Gasteiger partial charge in [0.25, 0.3) is 0 Å². The number of nitrogens with zero attached hydrogens (tertiary/aromatic N) is 2. The molecule has 0 atom stereocenters. The van der Waals surface area contributed by atoms with Gasteiger partial charge < -0.3 is 0 Å². The van der Waals surface area contributed by atoms with E-state index < -0.39 is 0 Å². The fourth-order valence-corrected chi connectivity index (χ4v) is 0. The van der Waals surface area contributed by atoms with E-state index in [0.29, 0.717) is 6.29 Å². The van der Waals surface area contributed by atoms with E-state index in [1.165, 1.54) is 19.1 Å². The van der Waals surface area contributed by atoms with Crippen LogP contribution >= 0.6 is 0 Å². The van der Waals surface area contributed by atoms with E-state index in [4.69, 9.17) is 15.3 Å². The smallest absolute Gasteiger partial charge is 0.142 e. The molecule has 0 aromatic carbocycles. The minimum Gasteiger partial charge on any atom is -0.299 e. The highest BCUT2D eigenvalue weighted by atomic mass is 16.1. The van der Waals surface area contributed by atoms with Crippen LogP contribution in [0.5, 0.6) is 0 Å². The molecule has 0 fully saturated rings. The zero-order chi connectivity index (χ0) is 9.54. The standard InChI is InChI=1S/C3H3N.C3H4O.C2H3N/c2*1-2-3-4;1-2-3/h2H,1H2;2-3H,1H2;1H3. The Hall–Kier alpha value is -1.87. The molecule has 0 amide bonds.